The Labute approximate surface area is 171 Å². The van der Waals surface area contributed by atoms with Crippen molar-refractivity contribution < 1.29 is 14.3 Å². The number of hydrogen-bond acceptors (Lipinski definition) is 4. The van der Waals surface area contributed by atoms with Gasteiger partial charge in [-0.3, -0.25) is 4.79 Å². The van der Waals surface area contributed by atoms with Crippen LogP contribution in [0.1, 0.15) is 22.0 Å². The first-order valence-electron chi connectivity index (χ1n) is 9.48. The van der Waals surface area contributed by atoms with Gasteiger partial charge in [0.1, 0.15) is 17.2 Å². The molecule has 1 N–H and O–H groups in total. The SMILES string of the molecule is COc1cccc(C(CNC(=O)c2ccc(Oc3ccccc3)cc2)N(C)C)c1. The summed E-state index contributed by atoms with van der Waals surface area (Å²) in [6.45, 7) is 0.487. The highest BCUT2D eigenvalue weighted by atomic mass is 16.5. The third kappa shape index (κ3) is 5.59. The molecule has 1 atom stereocenters. The van der Waals surface area contributed by atoms with Gasteiger partial charge in [0.15, 0.2) is 0 Å². The molecule has 0 aromatic heterocycles. The molecule has 150 valence electrons. The first-order valence-corrected chi connectivity index (χ1v) is 9.48. The summed E-state index contributed by atoms with van der Waals surface area (Å²) in [4.78, 5) is 14.7. The maximum absolute atomic E-state index is 12.6. The van der Waals surface area contributed by atoms with E-state index in [1.807, 2.05) is 68.7 Å². The van der Waals surface area contributed by atoms with Gasteiger partial charge in [0, 0.05) is 12.1 Å². The number of likely N-dealkylation sites (N-methyl/N-ethyl adjacent to an activating group) is 1. The van der Waals surface area contributed by atoms with Crippen LogP contribution in [-0.4, -0.2) is 38.6 Å². The number of carbonyl (C=O) groups excluding carboxylic acids is 1. The normalized spacial score (nSPS) is 11.7. The molecule has 0 spiro atoms. The average molecular weight is 390 g/mol. The summed E-state index contributed by atoms with van der Waals surface area (Å²) >= 11 is 0. The minimum absolute atomic E-state index is 0.0368. The number of benzene rings is 3. The van der Waals surface area contributed by atoms with Crippen LogP contribution in [0.15, 0.2) is 78.9 Å². The highest BCUT2D eigenvalue weighted by Crippen LogP contribution is 2.23. The van der Waals surface area contributed by atoms with Crippen LogP contribution in [0, 0.1) is 0 Å². The molecular weight excluding hydrogens is 364 g/mol. The van der Waals surface area contributed by atoms with Crippen LogP contribution >= 0.6 is 0 Å². The monoisotopic (exact) mass is 390 g/mol. The number of nitrogens with one attached hydrogen (secondary N) is 1. The maximum Gasteiger partial charge on any atom is 0.251 e. The number of rotatable bonds is 8. The number of carbonyl (C=O) groups is 1. The second-order valence-electron chi connectivity index (χ2n) is 6.91. The first kappa shape index (κ1) is 20.4. The molecule has 0 fully saturated rings. The van der Waals surface area contributed by atoms with E-state index in [1.54, 1.807) is 31.4 Å². The van der Waals surface area contributed by atoms with Crippen molar-refractivity contribution in [2.75, 3.05) is 27.7 Å². The van der Waals surface area contributed by atoms with Crippen LogP contribution in [-0.2, 0) is 0 Å². The molecule has 5 nitrogen and oxygen atoms in total. The van der Waals surface area contributed by atoms with Crippen molar-refractivity contribution in [3.63, 3.8) is 0 Å². The highest BCUT2D eigenvalue weighted by Gasteiger charge is 2.16. The molecule has 0 saturated heterocycles. The van der Waals surface area contributed by atoms with Crippen LogP contribution in [0.25, 0.3) is 0 Å². The summed E-state index contributed by atoms with van der Waals surface area (Å²) < 4.78 is 11.1. The van der Waals surface area contributed by atoms with Crippen molar-refractivity contribution in [2.24, 2.45) is 0 Å². The number of amides is 1. The van der Waals surface area contributed by atoms with E-state index in [2.05, 4.69) is 10.2 Å². The van der Waals surface area contributed by atoms with E-state index in [0.717, 1.165) is 17.1 Å². The zero-order valence-corrected chi connectivity index (χ0v) is 17.0. The van der Waals surface area contributed by atoms with Gasteiger partial charge in [-0.15, -0.1) is 0 Å². The van der Waals surface area contributed by atoms with Gasteiger partial charge in [0.05, 0.1) is 13.2 Å². The molecule has 0 saturated carbocycles. The first-order chi connectivity index (χ1) is 14.1. The lowest BCUT2D eigenvalue weighted by Gasteiger charge is -2.25. The van der Waals surface area contributed by atoms with Crippen LogP contribution in [0.4, 0.5) is 0 Å². The maximum atomic E-state index is 12.6. The molecule has 0 aliphatic rings. The van der Waals surface area contributed by atoms with Crippen molar-refractivity contribution in [3.05, 3.63) is 90.0 Å². The molecule has 0 heterocycles. The zero-order valence-electron chi connectivity index (χ0n) is 17.0. The highest BCUT2D eigenvalue weighted by molar-refractivity contribution is 5.94. The van der Waals surface area contributed by atoms with E-state index in [-0.39, 0.29) is 11.9 Å². The lowest BCUT2D eigenvalue weighted by Crippen LogP contribution is -2.34. The predicted octanol–water partition coefficient (Wildman–Crippen LogP) is 4.52. The van der Waals surface area contributed by atoms with E-state index in [4.69, 9.17) is 9.47 Å². The Balaban J connectivity index is 1.62. The number of para-hydroxylation sites is 1. The van der Waals surface area contributed by atoms with E-state index in [0.29, 0.717) is 17.9 Å². The zero-order chi connectivity index (χ0) is 20.6. The predicted molar refractivity (Wildman–Crippen MR) is 115 cm³/mol. The fourth-order valence-electron chi connectivity index (χ4n) is 3.04. The van der Waals surface area contributed by atoms with Crippen molar-refractivity contribution in [1.29, 1.82) is 0 Å². The van der Waals surface area contributed by atoms with Crippen molar-refractivity contribution in [3.8, 4) is 17.2 Å². The van der Waals surface area contributed by atoms with Crippen molar-refractivity contribution in [1.82, 2.24) is 10.2 Å². The fraction of sp³-hybridized carbons (Fsp3) is 0.208. The quantitative estimate of drug-likeness (QED) is 0.614. The molecule has 5 heteroatoms. The number of hydrogen-bond donors (Lipinski definition) is 1. The molecule has 0 bridgehead atoms. The smallest absolute Gasteiger partial charge is 0.251 e. The average Bonchev–Trinajstić information content (AvgIpc) is 2.75. The van der Waals surface area contributed by atoms with Gasteiger partial charge in [0.2, 0.25) is 0 Å². The Kier molecular flexibility index (Phi) is 6.87. The van der Waals surface area contributed by atoms with Gasteiger partial charge >= 0.3 is 0 Å². The van der Waals surface area contributed by atoms with E-state index in [9.17, 15) is 4.79 Å². The number of nitrogens with zero attached hydrogens (tertiary/aromatic N) is 1. The minimum atomic E-state index is -0.119. The molecule has 0 radical (unpaired) electrons. The molecule has 3 aromatic rings. The summed E-state index contributed by atoms with van der Waals surface area (Å²) in [5, 5.41) is 3.02. The van der Waals surface area contributed by atoms with Gasteiger partial charge < -0.3 is 19.7 Å². The number of ether oxygens (including phenoxy) is 2. The van der Waals surface area contributed by atoms with Gasteiger partial charge in [-0.2, -0.15) is 0 Å². The summed E-state index contributed by atoms with van der Waals surface area (Å²) in [6, 6.07) is 24.6. The lowest BCUT2D eigenvalue weighted by atomic mass is 10.1. The van der Waals surface area contributed by atoms with Gasteiger partial charge in [-0.25, -0.2) is 0 Å². The molecule has 3 rings (SSSR count). The van der Waals surface area contributed by atoms with Gasteiger partial charge in [-0.1, -0.05) is 30.3 Å². The van der Waals surface area contributed by atoms with Crippen LogP contribution in [0.3, 0.4) is 0 Å². The second kappa shape index (κ2) is 9.75. The van der Waals surface area contributed by atoms with Gasteiger partial charge in [0.25, 0.3) is 5.91 Å². The molecule has 0 aliphatic carbocycles. The Bertz CT molecular complexity index is 924. The van der Waals surface area contributed by atoms with Crippen LogP contribution in [0.5, 0.6) is 17.2 Å². The van der Waals surface area contributed by atoms with E-state index < -0.39 is 0 Å². The Morgan fingerprint density at radius 3 is 2.21 bits per heavy atom. The van der Waals surface area contributed by atoms with Crippen LogP contribution in [0.2, 0.25) is 0 Å². The Morgan fingerprint density at radius 2 is 1.55 bits per heavy atom. The molecular formula is C24H26N2O3. The summed E-state index contributed by atoms with van der Waals surface area (Å²) in [5.74, 6) is 2.13. The van der Waals surface area contributed by atoms with E-state index in [1.165, 1.54) is 0 Å². The summed E-state index contributed by atoms with van der Waals surface area (Å²) in [5.41, 5.74) is 1.68. The largest absolute Gasteiger partial charge is 0.497 e. The van der Waals surface area contributed by atoms with E-state index >= 15 is 0 Å². The molecule has 1 unspecified atom stereocenters. The number of methoxy groups -OCH3 is 1. The second-order valence-corrected chi connectivity index (χ2v) is 6.91. The van der Waals surface area contributed by atoms with Crippen LogP contribution < -0.4 is 14.8 Å². The Morgan fingerprint density at radius 1 is 0.897 bits per heavy atom. The molecule has 29 heavy (non-hydrogen) atoms. The minimum Gasteiger partial charge on any atom is -0.497 e. The molecule has 0 aliphatic heterocycles. The Hall–Kier alpha value is -3.31. The standard InChI is InChI=1S/C24H26N2O3/c1-26(2)23(19-8-7-11-22(16-19)28-3)17-25-24(27)18-12-14-21(15-13-18)29-20-9-5-4-6-10-20/h4-16,23H,17H2,1-3H3,(H,25,27). The topological polar surface area (TPSA) is 50.8 Å². The summed E-state index contributed by atoms with van der Waals surface area (Å²) in [6.07, 6.45) is 0. The summed E-state index contributed by atoms with van der Waals surface area (Å²) in [7, 11) is 5.63. The lowest BCUT2D eigenvalue weighted by molar-refractivity contribution is 0.0942. The molecule has 1 amide bonds. The van der Waals surface area contributed by atoms with Crippen molar-refractivity contribution in [2.45, 2.75) is 6.04 Å². The van der Waals surface area contributed by atoms with Gasteiger partial charge in [-0.05, 0) is 68.2 Å². The fourth-order valence-corrected chi connectivity index (χ4v) is 3.04. The van der Waals surface area contributed by atoms with Crippen molar-refractivity contribution >= 4 is 5.91 Å². The third-order valence-electron chi connectivity index (χ3n) is 4.65. The third-order valence-corrected chi connectivity index (χ3v) is 4.65. The molecule has 3 aromatic carbocycles.